The fraction of sp³-hybridized carbons (Fsp3) is 0.500. The van der Waals surface area contributed by atoms with Gasteiger partial charge in [0.25, 0.3) is 0 Å². The number of sulfonamides is 1. The van der Waals surface area contributed by atoms with Gasteiger partial charge in [-0.25, -0.2) is 12.8 Å². The van der Waals surface area contributed by atoms with Crippen molar-refractivity contribution in [2.24, 2.45) is 0 Å². The minimum absolute atomic E-state index is 0.173. The Hall–Kier alpha value is -1.34. The molecule has 1 atom stereocenters. The molecule has 0 amide bonds. The molecule has 7 heteroatoms. The van der Waals surface area contributed by atoms with Gasteiger partial charge >= 0.3 is 0 Å². The maximum absolute atomic E-state index is 13.1. The van der Waals surface area contributed by atoms with Crippen LogP contribution in [0.1, 0.15) is 12.8 Å². The summed E-state index contributed by atoms with van der Waals surface area (Å²) in [4.78, 5) is 0. The van der Waals surface area contributed by atoms with Gasteiger partial charge in [-0.1, -0.05) is 0 Å². The maximum Gasteiger partial charge on any atom is 0.236 e. The normalized spacial score (nSPS) is 20.0. The first-order chi connectivity index (χ1) is 9.03. The van der Waals surface area contributed by atoms with Crippen LogP contribution in [0.5, 0.6) is 5.75 Å². The van der Waals surface area contributed by atoms with E-state index in [9.17, 15) is 12.8 Å². The van der Waals surface area contributed by atoms with Crippen LogP contribution in [0.2, 0.25) is 0 Å². The number of hydrogen-bond acceptors (Lipinski definition) is 4. The SMILES string of the molecule is COc1cc(F)ccc1NS(=O)(=O)C1CCCNC1. The Balaban J connectivity index is 2.19. The average molecular weight is 288 g/mol. The molecular formula is C12H17FN2O3S. The van der Waals surface area contributed by atoms with Gasteiger partial charge < -0.3 is 10.1 Å². The van der Waals surface area contributed by atoms with Crippen molar-refractivity contribution in [3.8, 4) is 5.75 Å². The number of benzene rings is 1. The van der Waals surface area contributed by atoms with E-state index in [-0.39, 0.29) is 11.4 Å². The van der Waals surface area contributed by atoms with Gasteiger partial charge in [0, 0.05) is 12.6 Å². The summed E-state index contributed by atoms with van der Waals surface area (Å²) in [5, 5.41) is 2.58. The van der Waals surface area contributed by atoms with Gasteiger partial charge in [0.05, 0.1) is 18.0 Å². The molecular weight excluding hydrogens is 271 g/mol. The van der Waals surface area contributed by atoms with Crippen molar-refractivity contribution in [1.82, 2.24) is 5.32 Å². The molecule has 0 saturated carbocycles. The summed E-state index contributed by atoms with van der Waals surface area (Å²) in [6, 6.07) is 3.71. The van der Waals surface area contributed by atoms with Crippen LogP contribution in [-0.4, -0.2) is 33.9 Å². The van der Waals surface area contributed by atoms with Crippen LogP contribution in [-0.2, 0) is 10.0 Å². The van der Waals surface area contributed by atoms with E-state index in [2.05, 4.69) is 10.0 Å². The fourth-order valence-electron chi connectivity index (χ4n) is 2.07. The second-order valence-electron chi connectivity index (χ2n) is 4.46. The molecule has 2 rings (SSSR count). The molecule has 1 aliphatic rings. The summed E-state index contributed by atoms with van der Waals surface area (Å²) < 4.78 is 44.9. The zero-order valence-electron chi connectivity index (χ0n) is 10.6. The fourth-order valence-corrected chi connectivity index (χ4v) is 3.53. The van der Waals surface area contributed by atoms with Crippen molar-refractivity contribution >= 4 is 15.7 Å². The van der Waals surface area contributed by atoms with E-state index in [1.165, 1.54) is 19.2 Å². The van der Waals surface area contributed by atoms with Gasteiger partial charge in [-0.15, -0.1) is 0 Å². The molecule has 0 bridgehead atoms. The van der Waals surface area contributed by atoms with Crippen LogP contribution in [0.25, 0.3) is 0 Å². The molecule has 1 unspecified atom stereocenters. The summed E-state index contributed by atoms with van der Waals surface area (Å²) in [7, 11) is -2.13. The molecule has 1 fully saturated rings. The number of nitrogens with one attached hydrogen (secondary N) is 2. The van der Waals surface area contributed by atoms with Crippen molar-refractivity contribution in [2.45, 2.75) is 18.1 Å². The molecule has 1 heterocycles. The highest BCUT2D eigenvalue weighted by Gasteiger charge is 2.27. The topological polar surface area (TPSA) is 67.4 Å². The van der Waals surface area contributed by atoms with Crippen LogP contribution in [0, 0.1) is 5.82 Å². The predicted molar refractivity (Wildman–Crippen MR) is 71.4 cm³/mol. The Labute approximate surface area is 112 Å². The van der Waals surface area contributed by atoms with Gasteiger partial charge in [0.1, 0.15) is 11.6 Å². The summed E-state index contributed by atoms with van der Waals surface area (Å²) in [5.74, 6) is -0.300. The molecule has 5 nitrogen and oxygen atoms in total. The van der Waals surface area contributed by atoms with Crippen molar-refractivity contribution in [1.29, 1.82) is 0 Å². The monoisotopic (exact) mass is 288 g/mol. The van der Waals surface area contributed by atoms with Crippen LogP contribution in [0.3, 0.4) is 0 Å². The summed E-state index contributed by atoms with van der Waals surface area (Å²) >= 11 is 0. The second kappa shape index (κ2) is 5.75. The van der Waals surface area contributed by atoms with Crippen molar-refractivity contribution in [3.63, 3.8) is 0 Å². The number of rotatable bonds is 4. The lowest BCUT2D eigenvalue weighted by Crippen LogP contribution is -2.41. The van der Waals surface area contributed by atoms with E-state index in [1.807, 2.05) is 0 Å². The third-order valence-electron chi connectivity index (χ3n) is 3.11. The third kappa shape index (κ3) is 3.36. The van der Waals surface area contributed by atoms with Gasteiger partial charge in [-0.3, -0.25) is 4.72 Å². The van der Waals surface area contributed by atoms with E-state index in [0.717, 1.165) is 19.0 Å². The summed E-state index contributed by atoms with van der Waals surface area (Å²) in [6.07, 6.45) is 1.44. The number of anilines is 1. The molecule has 0 radical (unpaired) electrons. The first-order valence-electron chi connectivity index (χ1n) is 6.09. The van der Waals surface area contributed by atoms with E-state index < -0.39 is 21.1 Å². The quantitative estimate of drug-likeness (QED) is 0.877. The Morgan fingerprint density at radius 3 is 2.89 bits per heavy atom. The Morgan fingerprint density at radius 1 is 1.47 bits per heavy atom. The minimum atomic E-state index is -3.50. The highest BCUT2D eigenvalue weighted by molar-refractivity contribution is 7.93. The lowest BCUT2D eigenvalue weighted by molar-refractivity contribution is 0.413. The number of piperidine rings is 1. The molecule has 1 saturated heterocycles. The van der Waals surface area contributed by atoms with Crippen LogP contribution in [0.4, 0.5) is 10.1 Å². The highest BCUT2D eigenvalue weighted by Crippen LogP contribution is 2.27. The van der Waals surface area contributed by atoms with Gasteiger partial charge in [-0.05, 0) is 31.5 Å². The number of hydrogen-bond donors (Lipinski definition) is 2. The molecule has 106 valence electrons. The summed E-state index contributed by atoms with van der Waals surface area (Å²) in [6.45, 7) is 1.27. The molecule has 1 aromatic carbocycles. The largest absolute Gasteiger partial charge is 0.494 e. The molecule has 0 aliphatic carbocycles. The van der Waals surface area contributed by atoms with Crippen LogP contribution in [0.15, 0.2) is 18.2 Å². The smallest absolute Gasteiger partial charge is 0.236 e. The Kier molecular flexibility index (Phi) is 4.26. The zero-order chi connectivity index (χ0) is 13.9. The number of methoxy groups -OCH3 is 1. The number of ether oxygens (including phenoxy) is 1. The molecule has 1 aromatic rings. The first kappa shape index (κ1) is 14.1. The minimum Gasteiger partial charge on any atom is -0.494 e. The molecule has 1 aliphatic heterocycles. The van der Waals surface area contributed by atoms with Gasteiger partial charge in [0.2, 0.25) is 10.0 Å². The standard InChI is InChI=1S/C12H17FN2O3S/c1-18-12-7-9(13)4-5-11(12)15-19(16,17)10-3-2-6-14-8-10/h4-5,7,10,14-15H,2-3,6,8H2,1H3. The molecule has 0 spiro atoms. The van der Waals surface area contributed by atoms with Crippen molar-refractivity contribution < 1.29 is 17.5 Å². The predicted octanol–water partition coefficient (Wildman–Crippen LogP) is 1.33. The van der Waals surface area contributed by atoms with Gasteiger partial charge in [0.15, 0.2) is 0 Å². The van der Waals surface area contributed by atoms with Crippen LogP contribution >= 0.6 is 0 Å². The highest BCUT2D eigenvalue weighted by atomic mass is 32.2. The Morgan fingerprint density at radius 2 is 2.26 bits per heavy atom. The van der Waals surface area contributed by atoms with E-state index in [1.54, 1.807) is 0 Å². The van der Waals surface area contributed by atoms with Crippen LogP contribution < -0.4 is 14.8 Å². The molecule has 19 heavy (non-hydrogen) atoms. The van der Waals surface area contributed by atoms with E-state index in [4.69, 9.17) is 4.74 Å². The molecule has 2 N–H and O–H groups in total. The Bertz CT molecular complexity index is 542. The lowest BCUT2D eigenvalue weighted by atomic mass is 10.2. The molecule has 0 aromatic heterocycles. The lowest BCUT2D eigenvalue weighted by Gasteiger charge is -2.23. The first-order valence-corrected chi connectivity index (χ1v) is 7.63. The van der Waals surface area contributed by atoms with Gasteiger partial charge in [-0.2, -0.15) is 0 Å². The maximum atomic E-state index is 13.1. The van der Waals surface area contributed by atoms with E-state index >= 15 is 0 Å². The number of halogens is 1. The average Bonchev–Trinajstić information content (AvgIpc) is 2.41. The van der Waals surface area contributed by atoms with Crippen molar-refractivity contribution in [2.75, 3.05) is 24.9 Å². The second-order valence-corrected chi connectivity index (χ2v) is 6.42. The summed E-state index contributed by atoms with van der Waals surface area (Å²) in [5.41, 5.74) is 0.259. The van der Waals surface area contributed by atoms with Crippen molar-refractivity contribution in [3.05, 3.63) is 24.0 Å². The third-order valence-corrected chi connectivity index (χ3v) is 4.89. The van der Waals surface area contributed by atoms with E-state index in [0.29, 0.717) is 13.0 Å². The zero-order valence-corrected chi connectivity index (χ0v) is 11.5.